The lowest BCUT2D eigenvalue weighted by molar-refractivity contribution is -0.136. The third-order valence-electron chi connectivity index (χ3n) is 5.86. The zero-order valence-corrected chi connectivity index (χ0v) is 17.6. The van der Waals surface area contributed by atoms with E-state index in [1.807, 2.05) is 6.07 Å². The molecule has 1 saturated carbocycles. The molecule has 1 saturated heterocycles. The average molecular weight is 450 g/mol. The summed E-state index contributed by atoms with van der Waals surface area (Å²) in [5.41, 5.74) is 0.762. The fourth-order valence-electron chi connectivity index (χ4n) is 4.01. The Morgan fingerprint density at radius 1 is 1.19 bits per heavy atom. The van der Waals surface area contributed by atoms with Crippen LogP contribution >= 0.6 is 0 Å². The predicted octanol–water partition coefficient (Wildman–Crippen LogP) is 4.67. The molecule has 2 fully saturated rings. The average Bonchev–Trinajstić information content (AvgIpc) is 3.31. The van der Waals surface area contributed by atoms with Gasteiger partial charge in [0.15, 0.2) is 0 Å². The standard InChI is InChI=1S/C21H21F3N4O2S/c1-11-6-17(19-27-28-20(30-19)25-9-12-4-5-31(29)10-12)26-18-15(11)7-14(13-2-3-13)8-16(18)21(22,23)24/h6-8,12-13H,2-5,9-10H2,1H3,(H,25,28). The number of hydrogen-bond donors (Lipinski definition) is 1. The number of nitrogens with one attached hydrogen (secondary N) is 1. The number of aromatic nitrogens is 3. The molecule has 2 atom stereocenters. The first-order chi connectivity index (χ1) is 14.8. The van der Waals surface area contributed by atoms with Gasteiger partial charge in [-0.3, -0.25) is 4.21 Å². The lowest BCUT2D eigenvalue weighted by Crippen LogP contribution is -2.14. The van der Waals surface area contributed by atoms with Gasteiger partial charge in [0.25, 0.3) is 5.89 Å². The molecule has 5 rings (SSSR count). The first-order valence-corrected chi connectivity index (χ1v) is 11.7. The molecule has 1 N–H and O–H groups in total. The molecule has 1 aliphatic carbocycles. The summed E-state index contributed by atoms with van der Waals surface area (Å²) in [7, 11) is -0.771. The van der Waals surface area contributed by atoms with E-state index >= 15 is 0 Å². The van der Waals surface area contributed by atoms with E-state index in [9.17, 15) is 17.4 Å². The first kappa shape index (κ1) is 20.4. The lowest BCUT2D eigenvalue weighted by Gasteiger charge is -2.14. The Morgan fingerprint density at radius 3 is 2.68 bits per heavy atom. The molecular weight excluding hydrogens is 429 g/mol. The quantitative estimate of drug-likeness (QED) is 0.609. The molecular formula is C21H21F3N4O2S. The number of hydrogen-bond acceptors (Lipinski definition) is 6. The summed E-state index contributed by atoms with van der Waals surface area (Å²) >= 11 is 0. The van der Waals surface area contributed by atoms with E-state index in [0.29, 0.717) is 29.0 Å². The molecule has 164 valence electrons. The smallest absolute Gasteiger partial charge is 0.402 e. The van der Waals surface area contributed by atoms with E-state index in [-0.39, 0.29) is 35.0 Å². The molecule has 31 heavy (non-hydrogen) atoms. The molecule has 1 aromatic carbocycles. The number of fused-ring (bicyclic) bond motifs is 1. The summed E-state index contributed by atoms with van der Waals surface area (Å²) in [5, 5.41) is 11.4. The van der Waals surface area contributed by atoms with Gasteiger partial charge in [-0.15, -0.1) is 5.10 Å². The molecule has 0 radical (unpaired) electrons. The van der Waals surface area contributed by atoms with Crippen LogP contribution in [-0.2, 0) is 17.0 Å². The molecule has 0 bridgehead atoms. The van der Waals surface area contributed by atoms with Gasteiger partial charge in [-0.2, -0.15) is 13.2 Å². The number of pyridine rings is 1. The van der Waals surface area contributed by atoms with Crippen molar-refractivity contribution in [2.45, 2.75) is 38.3 Å². The normalized spacial score (nSPS) is 21.7. The minimum Gasteiger partial charge on any atom is -0.402 e. The fraction of sp³-hybridized carbons (Fsp3) is 0.476. The summed E-state index contributed by atoms with van der Waals surface area (Å²) in [6, 6.07) is 4.90. The minimum absolute atomic E-state index is 0.0573. The molecule has 3 aromatic rings. The second-order valence-corrected chi connectivity index (χ2v) is 9.94. The zero-order valence-electron chi connectivity index (χ0n) is 16.8. The van der Waals surface area contributed by atoms with Gasteiger partial charge in [-0.1, -0.05) is 5.10 Å². The van der Waals surface area contributed by atoms with E-state index in [1.54, 1.807) is 13.0 Å². The van der Waals surface area contributed by atoms with Crippen LogP contribution in [0.4, 0.5) is 19.2 Å². The van der Waals surface area contributed by atoms with Crippen LogP contribution in [0.2, 0.25) is 0 Å². The molecule has 1 aliphatic heterocycles. The number of alkyl halides is 3. The summed E-state index contributed by atoms with van der Waals surface area (Å²) in [5.74, 6) is 1.87. The highest BCUT2D eigenvalue weighted by Gasteiger charge is 2.36. The van der Waals surface area contributed by atoms with Crippen LogP contribution in [0.3, 0.4) is 0 Å². The molecule has 10 heteroatoms. The van der Waals surface area contributed by atoms with E-state index in [4.69, 9.17) is 4.42 Å². The van der Waals surface area contributed by atoms with Gasteiger partial charge >= 0.3 is 12.2 Å². The summed E-state index contributed by atoms with van der Waals surface area (Å²) in [6.45, 7) is 2.32. The van der Waals surface area contributed by atoms with Crippen LogP contribution in [-0.4, -0.2) is 37.4 Å². The van der Waals surface area contributed by atoms with Crippen molar-refractivity contribution in [1.82, 2.24) is 15.2 Å². The van der Waals surface area contributed by atoms with Crippen molar-refractivity contribution in [3.05, 3.63) is 34.9 Å². The highest BCUT2D eigenvalue weighted by Crippen LogP contribution is 2.45. The second kappa shape index (κ2) is 7.58. The number of rotatable bonds is 5. The molecule has 2 aromatic heterocycles. The van der Waals surface area contributed by atoms with Crippen molar-refractivity contribution in [3.8, 4) is 11.6 Å². The van der Waals surface area contributed by atoms with Gasteiger partial charge in [-0.25, -0.2) is 4.98 Å². The van der Waals surface area contributed by atoms with E-state index in [2.05, 4.69) is 20.5 Å². The molecule has 0 spiro atoms. The largest absolute Gasteiger partial charge is 0.418 e. The maximum Gasteiger partial charge on any atom is 0.418 e. The SMILES string of the molecule is Cc1cc(-c2nnc(NCC3CCS(=O)C3)o2)nc2c(C(F)(F)F)cc(C3CC3)cc12. The monoisotopic (exact) mass is 450 g/mol. The summed E-state index contributed by atoms with van der Waals surface area (Å²) < 4.78 is 58.5. The Morgan fingerprint density at radius 2 is 2.00 bits per heavy atom. The topological polar surface area (TPSA) is 80.9 Å². The van der Waals surface area contributed by atoms with E-state index in [1.165, 1.54) is 6.07 Å². The van der Waals surface area contributed by atoms with Crippen LogP contribution in [0.5, 0.6) is 0 Å². The number of halogens is 3. The molecule has 3 heterocycles. The Hall–Kier alpha value is -2.49. The fourth-order valence-corrected chi connectivity index (χ4v) is 5.58. The van der Waals surface area contributed by atoms with E-state index < -0.39 is 22.5 Å². The van der Waals surface area contributed by atoms with Crippen molar-refractivity contribution in [2.75, 3.05) is 23.4 Å². The Balaban J connectivity index is 1.47. The van der Waals surface area contributed by atoms with Gasteiger partial charge in [0.05, 0.1) is 11.1 Å². The van der Waals surface area contributed by atoms with Crippen LogP contribution < -0.4 is 5.32 Å². The second-order valence-electron chi connectivity index (χ2n) is 8.32. The third kappa shape index (κ3) is 4.17. The first-order valence-electron chi connectivity index (χ1n) is 10.2. The predicted molar refractivity (Wildman–Crippen MR) is 111 cm³/mol. The molecule has 2 aliphatic rings. The Bertz CT molecular complexity index is 1170. The number of benzene rings is 1. The van der Waals surface area contributed by atoms with Crippen molar-refractivity contribution in [3.63, 3.8) is 0 Å². The maximum atomic E-state index is 13.8. The maximum absolute atomic E-state index is 13.8. The van der Waals surface area contributed by atoms with Gasteiger partial charge in [0.1, 0.15) is 5.69 Å². The van der Waals surface area contributed by atoms with Crippen molar-refractivity contribution >= 4 is 27.7 Å². The Kier molecular flexibility index (Phi) is 4.99. The van der Waals surface area contributed by atoms with Crippen molar-refractivity contribution in [1.29, 1.82) is 0 Å². The number of aryl methyl sites for hydroxylation is 1. The summed E-state index contributed by atoms with van der Waals surface area (Å²) in [6.07, 6.45) is -1.80. The van der Waals surface area contributed by atoms with Crippen LogP contribution in [0.15, 0.2) is 22.6 Å². The molecule has 2 unspecified atom stereocenters. The van der Waals surface area contributed by atoms with Gasteiger partial charge in [0, 0.05) is 34.2 Å². The molecule has 0 amide bonds. The third-order valence-corrected chi connectivity index (χ3v) is 7.39. The zero-order chi connectivity index (χ0) is 21.8. The van der Waals surface area contributed by atoms with Crippen LogP contribution in [0.1, 0.15) is 41.9 Å². The van der Waals surface area contributed by atoms with Crippen molar-refractivity contribution in [2.24, 2.45) is 5.92 Å². The number of anilines is 1. The summed E-state index contributed by atoms with van der Waals surface area (Å²) in [4.78, 5) is 4.27. The highest BCUT2D eigenvalue weighted by atomic mass is 32.2. The molecule has 6 nitrogen and oxygen atoms in total. The minimum atomic E-state index is -4.51. The van der Waals surface area contributed by atoms with Gasteiger partial charge < -0.3 is 9.73 Å². The van der Waals surface area contributed by atoms with Crippen LogP contribution in [0.25, 0.3) is 22.5 Å². The Labute approximate surface area is 179 Å². The highest BCUT2D eigenvalue weighted by molar-refractivity contribution is 7.85. The number of nitrogens with zero attached hydrogens (tertiary/aromatic N) is 3. The van der Waals surface area contributed by atoms with Crippen molar-refractivity contribution < 1.29 is 21.8 Å². The lowest BCUT2D eigenvalue weighted by atomic mass is 9.98. The van der Waals surface area contributed by atoms with Gasteiger partial charge in [-0.05, 0) is 67.3 Å². The van der Waals surface area contributed by atoms with Crippen LogP contribution in [0, 0.1) is 12.8 Å². The van der Waals surface area contributed by atoms with E-state index in [0.717, 1.165) is 24.8 Å². The van der Waals surface area contributed by atoms with Gasteiger partial charge in [0.2, 0.25) is 0 Å².